The van der Waals surface area contributed by atoms with Crippen molar-refractivity contribution in [3.63, 3.8) is 0 Å². The summed E-state index contributed by atoms with van der Waals surface area (Å²) in [5.74, 6) is 1.70. The Bertz CT molecular complexity index is 1050. The number of nitrogens with one attached hydrogen (secondary N) is 2. The summed E-state index contributed by atoms with van der Waals surface area (Å²) in [6.07, 6.45) is 7.21. The van der Waals surface area contributed by atoms with Crippen LogP contribution in [0.25, 0.3) is 0 Å². The van der Waals surface area contributed by atoms with Gasteiger partial charge in [0.15, 0.2) is 9.84 Å². The molecular formula is C21H28N2O5S2. The van der Waals surface area contributed by atoms with Crippen LogP contribution in [0.5, 0.6) is 0 Å². The van der Waals surface area contributed by atoms with Crippen molar-refractivity contribution < 1.29 is 21.6 Å². The Balaban J connectivity index is 1.32. The second kappa shape index (κ2) is 7.03. The van der Waals surface area contributed by atoms with Gasteiger partial charge in [-0.1, -0.05) is 6.07 Å². The Hall–Kier alpha value is -1.45. The first-order valence-corrected chi connectivity index (χ1v) is 14.1. The van der Waals surface area contributed by atoms with Gasteiger partial charge in [0, 0.05) is 17.1 Å². The minimum Gasteiger partial charge on any atom is -0.347 e. The van der Waals surface area contributed by atoms with E-state index in [1.807, 2.05) is 0 Å². The highest BCUT2D eigenvalue weighted by molar-refractivity contribution is 7.92. The average molecular weight is 453 g/mol. The van der Waals surface area contributed by atoms with Gasteiger partial charge in [0.1, 0.15) is 0 Å². The summed E-state index contributed by atoms with van der Waals surface area (Å²) in [7, 11) is -7.09. The van der Waals surface area contributed by atoms with Crippen LogP contribution in [-0.4, -0.2) is 45.8 Å². The van der Waals surface area contributed by atoms with E-state index >= 15 is 0 Å². The van der Waals surface area contributed by atoms with E-state index < -0.39 is 25.9 Å². The molecule has 0 radical (unpaired) electrons. The van der Waals surface area contributed by atoms with E-state index in [-0.39, 0.29) is 34.3 Å². The van der Waals surface area contributed by atoms with E-state index in [0.29, 0.717) is 23.3 Å². The van der Waals surface area contributed by atoms with Crippen molar-refractivity contribution in [2.75, 3.05) is 11.5 Å². The van der Waals surface area contributed by atoms with Crippen LogP contribution in [0.3, 0.4) is 0 Å². The smallest absolute Gasteiger partial charge is 0.251 e. The van der Waals surface area contributed by atoms with Crippen molar-refractivity contribution in [1.82, 2.24) is 10.0 Å². The molecule has 7 nitrogen and oxygen atoms in total. The van der Waals surface area contributed by atoms with E-state index in [9.17, 15) is 21.6 Å². The summed E-state index contributed by atoms with van der Waals surface area (Å²) >= 11 is 0. The largest absolute Gasteiger partial charge is 0.347 e. The fourth-order valence-corrected chi connectivity index (χ4v) is 9.65. The third kappa shape index (κ3) is 3.91. The van der Waals surface area contributed by atoms with E-state index in [1.165, 1.54) is 31.4 Å². The minimum atomic E-state index is -3.90. The lowest BCUT2D eigenvalue weighted by Crippen LogP contribution is -2.59. The summed E-state index contributed by atoms with van der Waals surface area (Å²) in [5.41, 5.74) is 0.185. The lowest BCUT2D eigenvalue weighted by atomic mass is 9.53. The zero-order valence-electron chi connectivity index (χ0n) is 16.8. The first-order valence-electron chi connectivity index (χ1n) is 10.8. The van der Waals surface area contributed by atoms with Crippen LogP contribution >= 0.6 is 0 Å². The first kappa shape index (κ1) is 20.5. The number of hydrogen-bond acceptors (Lipinski definition) is 5. The summed E-state index contributed by atoms with van der Waals surface area (Å²) in [4.78, 5) is 13.0. The number of hydrogen-bond donors (Lipinski definition) is 2. The Morgan fingerprint density at radius 2 is 1.67 bits per heavy atom. The molecule has 4 bridgehead atoms. The van der Waals surface area contributed by atoms with E-state index in [2.05, 4.69) is 10.0 Å². The third-order valence-electron chi connectivity index (χ3n) is 7.38. The molecule has 0 aromatic heterocycles. The molecule has 1 amide bonds. The Labute approximate surface area is 178 Å². The van der Waals surface area contributed by atoms with Crippen LogP contribution in [0.15, 0.2) is 29.2 Å². The van der Waals surface area contributed by atoms with Gasteiger partial charge in [-0.3, -0.25) is 4.79 Å². The molecule has 1 aliphatic heterocycles. The molecule has 9 heteroatoms. The molecule has 2 N–H and O–H groups in total. The van der Waals surface area contributed by atoms with Crippen LogP contribution in [0.4, 0.5) is 0 Å². The number of sulfonamides is 1. The maximum Gasteiger partial charge on any atom is 0.251 e. The van der Waals surface area contributed by atoms with Gasteiger partial charge < -0.3 is 5.32 Å². The normalized spacial score (nSPS) is 36.7. The van der Waals surface area contributed by atoms with Gasteiger partial charge in [-0.05, 0) is 80.9 Å². The molecule has 1 unspecified atom stereocenters. The fraction of sp³-hybridized carbons (Fsp3) is 0.667. The highest BCUT2D eigenvalue weighted by Crippen LogP contribution is 2.55. The molecule has 1 atom stereocenters. The van der Waals surface area contributed by atoms with Gasteiger partial charge in [0.25, 0.3) is 5.91 Å². The van der Waals surface area contributed by atoms with Crippen molar-refractivity contribution >= 4 is 25.8 Å². The van der Waals surface area contributed by atoms with Crippen LogP contribution in [0.1, 0.15) is 55.3 Å². The summed E-state index contributed by atoms with van der Waals surface area (Å²) < 4.78 is 51.2. The molecule has 1 aromatic carbocycles. The van der Waals surface area contributed by atoms with Gasteiger partial charge in [-0.25, -0.2) is 21.6 Å². The summed E-state index contributed by atoms with van der Waals surface area (Å²) in [6, 6.07) is 5.41. The van der Waals surface area contributed by atoms with Gasteiger partial charge in [0.2, 0.25) is 10.0 Å². The van der Waals surface area contributed by atoms with Crippen molar-refractivity contribution in [3.05, 3.63) is 29.8 Å². The van der Waals surface area contributed by atoms with Crippen LogP contribution in [0, 0.1) is 17.8 Å². The maximum absolute atomic E-state index is 13.0. The minimum absolute atomic E-state index is 0.00625. The van der Waals surface area contributed by atoms with Gasteiger partial charge in [-0.15, -0.1) is 0 Å². The Morgan fingerprint density at radius 3 is 2.23 bits per heavy atom. The number of carbonyl (C=O) groups excluding carboxylic acids is 1. The number of amides is 1. The van der Waals surface area contributed by atoms with Crippen molar-refractivity contribution in [2.45, 2.75) is 61.4 Å². The lowest BCUT2D eigenvalue weighted by Gasteiger charge is -2.56. The van der Waals surface area contributed by atoms with Gasteiger partial charge in [0.05, 0.1) is 16.4 Å². The second-order valence-corrected chi connectivity index (χ2v) is 13.8. The van der Waals surface area contributed by atoms with Crippen molar-refractivity contribution in [2.24, 2.45) is 17.8 Å². The zero-order chi connectivity index (χ0) is 21.1. The zero-order valence-corrected chi connectivity index (χ0v) is 18.5. The number of sulfone groups is 1. The molecule has 0 spiro atoms. The molecule has 30 heavy (non-hydrogen) atoms. The van der Waals surface area contributed by atoms with Crippen molar-refractivity contribution in [1.29, 1.82) is 0 Å². The standard InChI is InChI=1S/C21H28N2O5S2/c24-20(22-21-10-14-6-15(11-21)8-16(7-14)12-21)17-2-1-3-19(9-17)30(27,28)23-18-4-5-29(25,26)13-18/h1-3,9,14-16,18,23H,4-8,10-13H2,(H,22,24). The van der Waals surface area contributed by atoms with Crippen molar-refractivity contribution in [3.8, 4) is 0 Å². The lowest BCUT2D eigenvalue weighted by molar-refractivity contribution is -0.0167. The summed E-state index contributed by atoms with van der Waals surface area (Å²) in [6.45, 7) is 0. The van der Waals surface area contributed by atoms with E-state index in [4.69, 9.17) is 0 Å². The van der Waals surface area contributed by atoms with E-state index in [0.717, 1.165) is 19.3 Å². The third-order valence-corrected chi connectivity index (χ3v) is 10.7. The van der Waals surface area contributed by atoms with Gasteiger partial charge >= 0.3 is 0 Å². The molecule has 5 aliphatic rings. The molecule has 6 rings (SSSR count). The highest BCUT2D eigenvalue weighted by Gasteiger charge is 2.51. The molecule has 4 saturated carbocycles. The molecule has 1 aromatic rings. The second-order valence-electron chi connectivity index (χ2n) is 9.90. The Morgan fingerprint density at radius 1 is 1.03 bits per heavy atom. The first-order chi connectivity index (χ1) is 14.1. The molecule has 164 valence electrons. The van der Waals surface area contributed by atoms with Gasteiger partial charge in [-0.2, -0.15) is 0 Å². The summed E-state index contributed by atoms with van der Waals surface area (Å²) in [5, 5.41) is 3.27. The van der Waals surface area contributed by atoms with Crippen LogP contribution < -0.4 is 10.0 Å². The molecule has 4 aliphatic carbocycles. The Kier molecular flexibility index (Phi) is 4.79. The van der Waals surface area contributed by atoms with E-state index in [1.54, 1.807) is 12.1 Å². The molecular weight excluding hydrogens is 424 g/mol. The topological polar surface area (TPSA) is 109 Å². The predicted octanol–water partition coefficient (Wildman–Crippen LogP) is 1.85. The van der Waals surface area contributed by atoms with Crippen LogP contribution in [-0.2, 0) is 19.9 Å². The predicted molar refractivity (Wildman–Crippen MR) is 112 cm³/mol. The number of carbonyl (C=O) groups is 1. The SMILES string of the molecule is O=C(NC12CC3CC(CC(C3)C1)C2)c1cccc(S(=O)(=O)NC2CCS(=O)(=O)C2)c1. The molecule has 1 saturated heterocycles. The number of benzene rings is 1. The maximum atomic E-state index is 13.0. The van der Waals surface area contributed by atoms with Crippen LogP contribution in [0.2, 0.25) is 0 Å². The monoisotopic (exact) mass is 452 g/mol. The average Bonchev–Trinajstić information content (AvgIpc) is 2.98. The molecule has 1 heterocycles. The number of rotatable bonds is 5. The quantitative estimate of drug-likeness (QED) is 0.709. The molecule has 5 fully saturated rings. The fourth-order valence-electron chi connectivity index (χ4n) is 6.56. The highest BCUT2D eigenvalue weighted by atomic mass is 32.2.